The number of ketones is 1. The van der Waals surface area contributed by atoms with E-state index in [-0.39, 0.29) is 11.2 Å². The zero-order valence-corrected chi connectivity index (χ0v) is 15.7. The lowest BCUT2D eigenvalue weighted by Gasteiger charge is -2.23. The van der Waals surface area contributed by atoms with Gasteiger partial charge in [-0.05, 0) is 41.5 Å². The van der Waals surface area contributed by atoms with Crippen molar-refractivity contribution in [3.8, 4) is 5.75 Å². The molecule has 1 heterocycles. The minimum absolute atomic E-state index is 0.0832. The minimum Gasteiger partial charge on any atom is -0.497 e. The van der Waals surface area contributed by atoms with Gasteiger partial charge in [-0.15, -0.1) is 0 Å². The summed E-state index contributed by atoms with van der Waals surface area (Å²) in [5.74, 6) is 0.915. The van der Waals surface area contributed by atoms with Gasteiger partial charge in [-0.1, -0.05) is 38.1 Å². The number of fused-ring (bicyclic) bond motifs is 2. The second kappa shape index (κ2) is 5.87. The summed E-state index contributed by atoms with van der Waals surface area (Å²) in [5, 5.41) is 0. The van der Waals surface area contributed by atoms with E-state index >= 15 is 0 Å². The Hall–Kier alpha value is -2.81. The van der Waals surface area contributed by atoms with Crippen molar-refractivity contribution in [3.05, 3.63) is 82.6 Å². The smallest absolute Gasteiger partial charge is 0.189 e. The molecule has 2 aromatic rings. The molecule has 0 unspecified atom stereocenters. The predicted molar refractivity (Wildman–Crippen MR) is 105 cm³/mol. The van der Waals surface area contributed by atoms with Crippen LogP contribution in [0.25, 0.3) is 0 Å². The van der Waals surface area contributed by atoms with E-state index in [1.807, 2.05) is 24.3 Å². The predicted octanol–water partition coefficient (Wildman–Crippen LogP) is 4.67. The number of allylic oxidation sites excluding steroid dienone is 4. The van der Waals surface area contributed by atoms with Crippen molar-refractivity contribution in [1.82, 2.24) is 0 Å². The largest absolute Gasteiger partial charge is 0.497 e. The number of methoxy groups -OCH3 is 1. The number of anilines is 1. The number of Topliss-reactive ketones (excluding diaryl/α,β-unsaturated/α-hetero) is 1. The highest BCUT2D eigenvalue weighted by Crippen LogP contribution is 2.46. The quantitative estimate of drug-likeness (QED) is 0.741. The topological polar surface area (TPSA) is 29.5 Å². The van der Waals surface area contributed by atoms with Crippen LogP contribution >= 0.6 is 0 Å². The average molecular weight is 345 g/mol. The number of carbonyl (C=O) groups is 1. The van der Waals surface area contributed by atoms with Crippen molar-refractivity contribution in [2.75, 3.05) is 19.1 Å². The molecule has 0 amide bonds. The monoisotopic (exact) mass is 345 g/mol. The molecule has 1 aliphatic carbocycles. The Balaban J connectivity index is 1.69. The average Bonchev–Trinajstić information content (AvgIpc) is 3.05. The number of hydrogen-bond acceptors (Lipinski definition) is 3. The lowest BCUT2D eigenvalue weighted by molar-refractivity contribution is 0.103. The molecule has 4 rings (SSSR count). The van der Waals surface area contributed by atoms with Crippen LogP contribution in [-0.4, -0.2) is 19.9 Å². The maximum atomic E-state index is 12.7. The molecule has 1 aliphatic heterocycles. The highest BCUT2D eigenvalue weighted by Gasteiger charge is 2.37. The van der Waals surface area contributed by atoms with Gasteiger partial charge in [-0.2, -0.15) is 0 Å². The van der Waals surface area contributed by atoms with Gasteiger partial charge in [0, 0.05) is 41.4 Å². The van der Waals surface area contributed by atoms with Gasteiger partial charge in [0.05, 0.1) is 7.11 Å². The third kappa shape index (κ3) is 2.38. The van der Waals surface area contributed by atoms with Gasteiger partial charge < -0.3 is 9.64 Å². The van der Waals surface area contributed by atoms with Crippen LogP contribution < -0.4 is 9.64 Å². The Bertz CT molecular complexity index is 966. The normalized spacial score (nSPS) is 20.6. The van der Waals surface area contributed by atoms with Crippen molar-refractivity contribution < 1.29 is 9.53 Å². The fraction of sp³-hybridized carbons (Fsp3) is 0.261. The fourth-order valence-electron chi connectivity index (χ4n) is 4.14. The molecule has 0 radical (unpaired) electrons. The van der Waals surface area contributed by atoms with E-state index in [9.17, 15) is 4.79 Å². The number of ether oxygens (including phenoxy) is 1. The molecule has 132 valence electrons. The zero-order chi connectivity index (χ0) is 18.5. The Morgan fingerprint density at radius 3 is 2.62 bits per heavy atom. The second-order valence-corrected chi connectivity index (χ2v) is 7.47. The molecule has 26 heavy (non-hydrogen) atoms. The first-order valence-corrected chi connectivity index (χ1v) is 8.89. The summed E-state index contributed by atoms with van der Waals surface area (Å²) in [6.07, 6.45) is 4.76. The molecule has 0 atom stereocenters. The first kappa shape index (κ1) is 16.6. The maximum Gasteiger partial charge on any atom is 0.189 e. The lowest BCUT2D eigenvalue weighted by atomic mass is 9.83. The number of hydrogen-bond donors (Lipinski definition) is 0. The molecular weight excluding hydrogens is 322 g/mol. The van der Waals surface area contributed by atoms with E-state index in [2.05, 4.69) is 56.1 Å². The van der Waals surface area contributed by atoms with Crippen LogP contribution in [0.15, 0.2) is 65.9 Å². The summed E-state index contributed by atoms with van der Waals surface area (Å²) in [4.78, 5) is 14.9. The van der Waals surface area contributed by atoms with E-state index in [0.29, 0.717) is 6.42 Å². The Kier molecular flexibility index (Phi) is 3.76. The van der Waals surface area contributed by atoms with Gasteiger partial charge in [0.2, 0.25) is 0 Å². The zero-order valence-electron chi connectivity index (χ0n) is 15.7. The number of benzene rings is 2. The summed E-state index contributed by atoms with van der Waals surface area (Å²) >= 11 is 0. The Labute approximate surface area is 154 Å². The van der Waals surface area contributed by atoms with E-state index in [4.69, 9.17) is 4.74 Å². The van der Waals surface area contributed by atoms with Gasteiger partial charge in [-0.25, -0.2) is 0 Å². The molecule has 0 N–H and O–H groups in total. The van der Waals surface area contributed by atoms with E-state index in [1.54, 1.807) is 7.11 Å². The SMILES string of the molecule is COc1ccc2c(c1)C/C(=C/C=C1/N(C)c3ccccc3C1(C)C)C2=O. The number of para-hydroxylation sites is 1. The van der Waals surface area contributed by atoms with Crippen LogP contribution in [-0.2, 0) is 11.8 Å². The molecule has 0 saturated carbocycles. The second-order valence-electron chi connectivity index (χ2n) is 7.47. The van der Waals surface area contributed by atoms with Crippen LogP contribution in [0.5, 0.6) is 5.75 Å². The fourth-order valence-corrected chi connectivity index (χ4v) is 4.14. The number of nitrogens with zero attached hydrogens (tertiary/aromatic N) is 1. The Morgan fingerprint density at radius 2 is 1.88 bits per heavy atom. The summed E-state index contributed by atoms with van der Waals surface area (Å²) in [5.41, 5.74) is 6.33. The molecule has 0 bridgehead atoms. The van der Waals surface area contributed by atoms with Gasteiger partial charge in [-0.3, -0.25) is 4.79 Å². The highest BCUT2D eigenvalue weighted by molar-refractivity contribution is 6.13. The van der Waals surface area contributed by atoms with Crippen molar-refractivity contribution in [1.29, 1.82) is 0 Å². The van der Waals surface area contributed by atoms with Gasteiger partial charge in [0.15, 0.2) is 5.78 Å². The summed E-state index contributed by atoms with van der Waals surface area (Å²) in [6.45, 7) is 4.46. The van der Waals surface area contributed by atoms with E-state index < -0.39 is 0 Å². The highest BCUT2D eigenvalue weighted by atomic mass is 16.5. The van der Waals surface area contributed by atoms with Gasteiger partial charge in [0.25, 0.3) is 0 Å². The third-order valence-electron chi connectivity index (χ3n) is 5.61. The van der Waals surface area contributed by atoms with Gasteiger partial charge >= 0.3 is 0 Å². The molecule has 0 spiro atoms. The minimum atomic E-state index is -0.0832. The molecule has 0 fully saturated rings. The lowest BCUT2D eigenvalue weighted by Crippen LogP contribution is -2.22. The molecule has 0 saturated heterocycles. The van der Waals surface area contributed by atoms with E-state index in [0.717, 1.165) is 22.4 Å². The summed E-state index contributed by atoms with van der Waals surface area (Å²) in [7, 11) is 3.74. The van der Waals surface area contributed by atoms with E-state index in [1.165, 1.54) is 16.9 Å². The Morgan fingerprint density at radius 1 is 1.12 bits per heavy atom. The van der Waals surface area contributed by atoms with Crippen molar-refractivity contribution in [2.45, 2.75) is 25.7 Å². The standard InChI is InChI=1S/C23H23NO2/c1-23(2)19-7-5-6-8-20(19)24(3)21(23)12-9-15-13-16-14-17(26-4)10-11-18(16)22(15)25/h5-12,14H,13H2,1-4H3/b15-9-,21-12+. The molecule has 2 aromatic carbocycles. The van der Waals surface area contributed by atoms with Crippen LogP contribution in [0.2, 0.25) is 0 Å². The molecule has 3 heteroatoms. The first-order valence-electron chi connectivity index (χ1n) is 8.89. The number of likely N-dealkylation sites (N-methyl/N-ethyl adjacent to an activating group) is 1. The van der Waals surface area contributed by atoms with Crippen molar-refractivity contribution in [2.24, 2.45) is 0 Å². The molecule has 2 aliphatic rings. The maximum absolute atomic E-state index is 12.7. The number of rotatable bonds is 2. The molecule has 3 nitrogen and oxygen atoms in total. The molecule has 0 aromatic heterocycles. The van der Waals surface area contributed by atoms with Crippen molar-refractivity contribution >= 4 is 11.5 Å². The van der Waals surface area contributed by atoms with Crippen LogP contribution in [0.3, 0.4) is 0 Å². The van der Waals surface area contributed by atoms with Crippen LogP contribution in [0, 0.1) is 0 Å². The van der Waals surface area contributed by atoms with Crippen molar-refractivity contribution in [3.63, 3.8) is 0 Å². The van der Waals surface area contributed by atoms with Crippen LogP contribution in [0.4, 0.5) is 5.69 Å². The third-order valence-corrected chi connectivity index (χ3v) is 5.61. The van der Waals surface area contributed by atoms with Gasteiger partial charge in [0.1, 0.15) is 5.75 Å². The number of carbonyl (C=O) groups excluding carboxylic acids is 1. The summed E-state index contributed by atoms with van der Waals surface area (Å²) in [6, 6.07) is 14.2. The first-order chi connectivity index (χ1) is 12.4. The summed E-state index contributed by atoms with van der Waals surface area (Å²) < 4.78 is 5.28. The molecular formula is C23H23NO2. The van der Waals surface area contributed by atoms with Crippen LogP contribution in [0.1, 0.15) is 35.3 Å².